The van der Waals surface area contributed by atoms with Crippen LogP contribution in [0.15, 0.2) is 42.5 Å². The van der Waals surface area contributed by atoms with Crippen molar-refractivity contribution in [2.45, 2.75) is 39.0 Å². The van der Waals surface area contributed by atoms with Gasteiger partial charge < -0.3 is 10.2 Å². The number of rotatable bonds is 5. The van der Waals surface area contributed by atoms with Crippen LogP contribution in [0.4, 0.5) is 0 Å². The van der Waals surface area contributed by atoms with Crippen molar-refractivity contribution in [3.63, 3.8) is 0 Å². The number of hydrogen-bond donors (Lipinski definition) is 2. The first-order valence-corrected chi connectivity index (χ1v) is 7.21. The van der Waals surface area contributed by atoms with Crippen molar-refractivity contribution in [2.24, 2.45) is 0 Å². The Balaban J connectivity index is 2.47. The molecule has 0 bridgehead atoms. The molecule has 2 N–H and O–H groups in total. The second-order valence-corrected chi connectivity index (χ2v) is 5.32. The summed E-state index contributed by atoms with van der Waals surface area (Å²) in [7, 11) is 0. The van der Waals surface area contributed by atoms with Crippen molar-refractivity contribution in [3.8, 4) is 11.5 Å². The van der Waals surface area contributed by atoms with E-state index in [2.05, 4.69) is 6.92 Å². The molecule has 0 saturated carbocycles. The number of unbranched alkanes of at least 4 members (excludes halogenated alkanes) is 1. The van der Waals surface area contributed by atoms with Gasteiger partial charge in [-0.2, -0.15) is 0 Å². The van der Waals surface area contributed by atoms with E-state index < -0.39 is 0 Å². The summed E-state index contributed by atoms with van der Waals surface area (Å²) < 4.78 is 0. The average Bonchev–Trinajstić information content (AvgIpc) is 2.44. The van der Waals surface area contributed by atoms with Crippen LogP contribution in [0.1, 0.15) is 48.8 Å². The Bertz CT molecular complexity index is 575. The predicted octanol–water partition coefficient (Wildman–Crippen LogP) is 4.73. The van der Waals surface area contributed by atoms with E-state index in [1.807, 2.05) is 37.3 Å². The van der Waals surface area contributed by atoms with Gasteiger partial charge in [0, 0.05) is 17.0 Å². The van der Waals surface area contributed by atoms with Crippen molar-refractivity contribution < 1.29 is 10.2 Å². The highest BCUT2D eigenvalue weighted by Crippen LogP contribution is 2.39. The Morgan fingerprint density at radius 1 is 0.950 bits per heavy atom. The average molecular weight is 270 g/mol. The van der Waals surface area contributed by atoms with E-state index in [4.69, 9.17) is 0 Å². The van der Waals surface area contributed by atoms with Gasteiger partial charge in [-0.3, -0.25) is 0 Å². The fraction of sp³-hybridized carbons (Fsp3) is 0.333. The number of benzene rings is 2. The number of aromatic hydroxyl groups is 2. The van der Waals surface area contributed by atoms with Crippen LogP contribution in [0, 0.1) is 6.92 Å². The zero-order valence-electron chi connectivity index (χ0n) is 12.1. The quantitative estimate of drug-likeness (QED) is 0.824. The van der Waals surface area contributed by atoms with Gasteiger partial charge in [0.2, 0.25) is 0 Å². The normalized spacial score (nSPS) is 12.3. The van der Waals surface area contributed by atoms with Gasteiger partial charge in [-0.25, -0.2) is 0 Å². The minimum absolute atomic E-state index is 0.0380. The molecule has 0 spiro atoms. The Hall–Kier alpha value is -1.96. The largest absolute Gasteiger partial charge is 0.508 e. The highest BCUT2D eigenvalue weighted by Gasteiger charge is 2.20. The summed E-state index contributed by atoms with van der Waals surface area (Å²) in [6.07, 6.45) is 3.08. The van der Waals surface area contributed by atoms with Gasteiger partial charge in [0.1, 0.15) is 11.5 Å². The molecular formula is C18H22O2. The molecule has 1 unspecified atom stereocenters. The number of hydrogen-bond acceptors (Lipinski definition) is 2. The van der Waals surface area contributed by atoms with Crippen molar-refractivity contribution in [1.29, 1.82) is 0 Å². The van der Waals surface area contributed by atoms with Gasteiger partial charge in [0.15, 0.2) is 0 Å². The molecule has 0 fully saturated rings. The molecule has 0 saturated heterocycles. The number of phenolic OH excluding ortho intramolecular Hbond substituents is 2. The van der Waals surface area contributed by atoms with Gasteiger partial charge in [-0.05, 0) is 25.5 Å². The lowest BCUT2D eigenvalue weighted by Gasteiger charge is -2.20. The molecule has 0 radical (unpaired) electrons. The number of para-hydroxylation sites is 1. The minimum atomic E-state index is 0.0380. The molecule has 0 aliphatic heterocycles. The molecule has 0 amide bonds. The van der Waals surface area contributed by atoms with Crippen molar-refractivity contribution >= 4 is 0 Å². The van der Waals surface area contributed by atoms with Gasteiger partial charge in [0.05, 0.1) is 0 Å². The maximum absolute atomic E-state index is 10.2. The molecular weight excluding hydrogens is 248 g/mol. The lowest BCUT2D eigenvalue weighted by Crippen LogP contribution is -2.02. The van der Waals surface area contributed by atoms with Crippen LogP contribution in [0.3, 0.4) is 0 Å². The Morgan fingerprint density at radius 2 is 1.65 bits per heavy atom. The third-order valence-corrected chi connectivity index (χ3v) is 3.72. The van der Waals surface area contributed by atoms with E-state index >= 15 is 0 Å². The highest BCUT2D eigenvalue weighted by molar-refractivity contribution is 5.47. The lowest BCUT2D eigenvalue weighted by molar-refractivity contribution is 0.449. The molecule has 106 valence electrons. The SMILES string of the molecule is CCCCC(c1ccccc1O)c1cc(C)ccc1O. The monoisotopic (exact) mass is 270 g/mol. The van der Waals surface area contributed by atoms with Crippen LogP contribution < -0.4 is 0 Å². The summed E-state index contributed by atoms with van der Waals surface area (Å²) >= 11 is 0. The summed E-state index contributed by atoms with van der Waals surface area (Å²) in [5.41, 5.74) is 2.91. The zero-order chi connectivity index (χ0) is 14.5. The van der Waals surface area contributed by atoms with Crippen molar-refractivity contribution in [2.75, 3.05) is 0 Å². The van der Waals surface area contributed by atoms with E-state index in [1.54, 1.807) is 12.1 Å². The van der Waals surface area contributed by atoms with E-state index in [0.29, 0.717) is 11.5 Å². The summed E-state index contributed by atoms with van der Waals surface area (Å²) in [4.78, 5) is 0. The van der Waals surface area contributed by atoms with Gasteiger partial charge in [-0.1, -0.05) is 55.7 Å². The van der Waals surface area contributed by atoms with Gasteiger partial charge in [0.25, 0.3) is 0 Å². The van der Waals surface area contributed by atoms with Crippen molar-refractivity contribution in [3.05, 3.63) is 59.2 Å². The molecule has 2 heteroatoms. The highest BCUT2D eigenvalue weighted by atomic mass is 16.3. The maximum Gasteiger partial charge on any atom is 0.119 e. The molecule has 2 nitrogen and oxygen atoms in total. The zero-order valence-corrected chi connectivity index (χ0v) is 12.1. The fourth-order valence-corrected chi connectivity index (χ4v) is 2.62. The van der Waals surface area contributed by atoms with Crippen LogP contribution in [-0.4, -0.2) is 10.2 Å². The Labute approximate surface area is 120 Å². The molecule has 1 atom stereocenters. The van der Waals surface area contributed by atoms with Crippen LogP contribution in [0.25, 0.3) is 0 Å². The summed E-state index contributed by atoms with van der Waals surface area (Å²) in [6.45, 7) is 4.17. The smallest absolute Gasteiger partial charge is 0.119 e. The number of aryl methyl sites for hydroxylation is 1. The molecule has 0 aliphatic carbocycles. The van der Waals surface area contributed by atoms with Crippen LogP contribution in [-0.2, 0) is 0 Å². The van der Waals surface area contributed by atoms with E-state index in [1.165, 1.54) is 0 Å². The maximum atomic E-state index is 10.2. The third kappa shape index (κ3) is 3.13. The second-order valence-electron chi connectivity index (χ2n) is 5.32. The molecule has 0 heterocycles. The van der Waals surface area contributed by atoms with Crippen LogP contribution in [0.2, 0.25) is 0 Å². The molecule has 2 aromatic rings. The molecule has 2 aromatic carbocycles. The second kappa shape index (κ2) is 6.47. The van der Waals surface area contributed by atoms with Gasteiger partial charge in [-0.15, -0.1) is 0 Å². The lowest BCUT2D eigenvalue weighted by atomic mass is 9.85. The molecule has 20 heavy (non-hydrogen) atoms. The summed E-state index contributed by atoms with van der Waals surface area (Å²) in [5.74, 6) is 0.644. The van der Waals surface area contributed by atoms with Gasteiger partial charge >= 0.3 is 0 Å². The minimum Gasteiger partial charge on any atom is -0.508 e. The Kier molecular flexibility index (Phi) is 4.67. The first-order valence-electron chi connectivity index (χ1n) is 7.21. The molecule has 2 rings (SSSR count). The first-order chi connectivity index (χ1) is 9.63. The van der Waals surface area contributed by atoms with Crippen molar-refractivity contribution in [1.82, 2.24) is 0 Å². The molecule has 0 aliphatic rings. The standard InChI is InChI=1S/C18H22O2/c1-3-4-7-14(15-8-5-6-9-17(15)19)16-12-13(2)10-11-18(16)20/h5-6,8-12,14,19-20H,3-4,7H2,1-2H3. The van der Waals surface area contributed by atoms with E-state index in [9.17, 15) is 10.2 Å². The molecule has 0 aromatic heterocycles. The summed E-state index contributed by atoms with van der Waals surface area (Å²) in [5, 5.41) is 20.3. The topological polar surface area (TPSA) is 40.5 Å². The van der Waals surface area contributed by atoms with E-state index in [-0.39, 0.29) is 5.92 Å². The van der Waals surface area contributed by atoms with E-state index in [0.717, 1.165) is 36.0 Å². The van der Waals surface area contributed by atoms with Crippen LogP contribution in [0.5, 0.6) is 11.5 Å². The fourth-order valence-electron chi connectivity index (χ4n) is 2.62. The number of phenols is 2. The predicted molar refractivity (Wildman–Crippen MR) is 82.3 cm³/mol. The Morgan fingerprint density at radius 3 is 2.35 bits per heavy atom. The first kappa shape index (κ1) is 14.4. The third-order valence-electron chi connectivity index (χ3n) is 3.72. The summed E-state index contributed by atoms with van der Waals surface area (Å²) in [6, 6.07) is 13.1. The van der Waals surface area contributed by atoms with Crippen LogP contribution >= 0.6 is 0 Å².